The van der Waals surface area contributed by atoms with Gasteiger partial charge in [-0.3, -0.25) is 0 Å². The number of aryl methyl sites for hydroxylation is 1. The molecule has 2 N–H and O–H groups in total. The Labute approximate surface area is 120 Å². The van der Waals surface area contributed by atoms with E-state index in [9.17, 15) is 0 Å². The minimum absolute atomic E-state index is 0.348. The summed E-state index contributed by atoms with van der Waals surface area (Å²) in [5.74, 6) is 2.14. The number of nitrogens with one attached hydrogen (secondary N) is 2. The van der Waals surface area contributed by atoms with Gasteiger partial charge in [0.15, 0.2) is 5.82 Å². The predicted molar refractivity (Wildman–Crippen MR) is 74.8 cm³/mol. The highest BCUT2D eigenvalue weighted by atomic mass is 35.5. The Bertz CT molecular complexity index is 572. The van der Waals surface area contributed by atoms with Crippen molar-refractivity contribution in [3.8, 4) is 0 Å². The molecule has 0 fully saturated rings. The third kappa shape index (κ3) is 3.48. The van der Waals surface area contributed by atoms with Gasteiger partial charge in [-0.15, -0.1) is 0 Å². The number of rotatable bonds is 5. The molecular weight excluding hydrogens is 289 g/mol. The predicted octanol–water partition coefficient (Wildman–Crippen LogP) is 3.12. The van der Waals surface area contributed by atoms with E-state index < -0.39 is 0 Å². The van der Waals surface area contributed by atoms with E-state index in [-0.39, 0.29) is 0 Å². The van der Waals surface area contributed by atoms with Gasteiger partial charge in [0.1, 0.15) is 11.6 Å². The fourth-order valence-electron chi connectivity index (χ4n) is 1.45. The summed E-state index contributed by atoms with van der Waals surface area (Å²) < 4.78 is 4.99. The first kappa shape index (κ1) is 13.9. The molecule has 2 aromatic rings. The van der Waals surface area contributed by atoms with Gasteiger partial charge in [-0.05, 0) is 19.9 Å². The highest BCUT2D eigenvalue weighted by molar-refractivity contribution is 6.37. The summed E-state index contributed by atoms with van der Waals surface area (Å²) in [6.45, 7) is 4.78. The van der Waals surface area contributed by atoms with Crippen LogP contribution in [0, 0.1) is 6.92 Å². The largest absolute Gasteiger partial charge is 0.369 e. The van der Waals surface area contributed by atoms with E-state index in [1.54, 1.807) is 13.0 Å². The van der Waals surface area contributed by atoms with Crippen molar-refractivity contribution in [2.24, 2.45) is 0 Å². The Morgan fingerprint density at radius 3 is 2.42 bits per heavy atom. The molecule has 8 heteroatoms. The third-order valence-electron chi connectivity index (χ3n) is 2.25. The summed E-state index contributed by atoms with van der Waals surface area (Å²) in [5.41, 5.74) is 0. The number of halogens is 2. The molecule has 6 nitrogen and oxygen atoms in total. The molecule has 2 aromatic heterocycles. The maximum atomic E-state index is 6.07. The lowest BCUT2D eigenvalue weighted by molar-refractivity contribution is 0.379. The van der Waals surface area contributed by atoms with Gasteiger partial charge < -0.3 is 15.2 Å². The normalized spacial score (nSPS) is 10.5. The fraction of sp³-hybridized carbons (Fsp3) is 0.364. The van der Waals surface area contributed by atoms with E-state index in [1.807, 2.05) is 6.92 Å². The molecular formula is C11H13Cl2N5O. The monoisotopic (exact) mass is 301 g/mol. The van der Waals surface area contributed by atoms with Crippen LogP contribution in [0.2, 0.25) is 10.0 Å². The molecule has 0 radical (unpaired) electrons. The second-order valence-electron chi connectivity index (χ2n) is 3.77. The van der Waals surface area contributed by atoms with E-state index in [2.05, 4.69) is 25.8 Å². The first-order valence-corrected chi connectivity index (χ1v) is 6.48. The molecule has 0 bridgehead atoms. The Balaban J connectivity index is 2.13. The van der Waals surface area contributed by atoms with E-state index in [0.29, 0.717) is 39.9 Å². The van der Waals surface area contributed by atoms with Gasteiger partial charge in [-0.1, -0.05) is 28.4 Å². The molecule has 2 heterocycles. The Hall–Kier alpha value is -1.53. The van der Waals surface area contributed by atoms with Crippen molar-refractivity contribution in [3.05, 3.63) is 27.8 Å². The zero-order valence-electron chi connectivity index (χ0n) is 10.5. The van der Waals surface area contributed by atoms with Crippen LogP contribution in [0.15, 0.2) is 10.6 Å². The van der Waals surface area contributed by atoms with Gasteiger partial charge >= 0.3 is 0 Å². The standard InChI is InChI=1S/C11H13Cl2N5O/c1-3-14-10-7(12)4-8(13)11(17-10)15-5-9-16-6(2)18-19-9/h4H,3,5H2,1-2H3,(H2,14,15,17). The molecule has 0 aliphatic rings. The summed E-state index contributed by atoms with van der Waals surface area (Å²) in [5, 5.41) is 10.7. The van der Waals surface area contributed by atoms with Crippen molar-refractivity contribution in [3.63, 3.8) is 0 Å². The maximum Gasteiger partial charge on any atom is 0.245 e. The fourth-order valence-corrected chi connectivity index (χ4v) is 1.95. The van der Waals surface area contributed by atoms with Gasteiger partial charge in [0, 0.05) is 6.54 Å². The van der Waals surface area contributed by atoms with Crippen molar-refractivity contribution < 1.29 is 4.52 Å². The van der Waals surface area contributed by atoms with Crippen molar-refractivity contribution in [2.75, 3.05) is 17.2 Å². The summed E-state index contributed by atoms with van der Waals surface area (Å²) >= 11 is 12.1. The van der Waals surface area contributed by atoms with Crippen molar-refractivity contribution in [1.29, 1.82) is 0 Å². The van der Waals surface area contributed by atoms with Gasteiger partial charge in [-0.25, -0.2) is 4.98 Å². The second-order valence-corrected chi connectivity index (χ2v) is 4.58. The van der Waals surface area contributed by atoms with Gasteiger partial charge in [0.25, 0.3) is 0 Å². The topological polar surface area (TPSA) is 75.9 Å². The number of pyridine rings is 1. The molecule has 0 saturated heterocycles. The van der Waals surface area contributed by atoms with Gasteiger partial charge in [0.2, 0.25) is 5.89 Å². The van der Waals surface area contributed by atoms with Crippen LogP contribution in [0.5, 0.6) is 0 Å². The lowest BCUT2D eigenvalue weighted by atomic mass is 10.4. The summed E-state index contributed by atoms with van der Waals surface area (Å²) in [4.78, 5) is 8.39. The van der Waals surface area contributed by atoms with E-state index >= 15 is 0 Å². The minimum atomic E-state index is 0.348. The molecule has 19 heavy (non-hydrogen) atoms. The SMILES string of the molecule is CCNc1nc(NCc2nc(C)no2)c(Cl)cc1Cl. The number of anilines is 2. The number of hydrogen-bond donors (Lipinski definition) is 2. The van der Waals surface area contributed by atoms with Crippen LogP contribution in [0.3, 0.4) is 0 Å². The van der Waals surface area contributed by atoms with Crippen LogP contribution in [0.25, 0.3) is 0 Å². The summed E-state index contributed by atoms with van der Waals surface area (Å²) in [6, 6.07) is 1.63. The highest BCUT2D eigenvalue weighted by Gasteiger charge is 2.10. The first-order chi connectivity index (χ1) is 9.10. The molecule has 0 spiro atoms. The van der Waals surface area contributed by atoms with Crippen LogP contribution in [0.4, 0.5) is 11.6 Å². The molecule has 0 saturated carbocycles. The van der Waals surface area contributed by atoms with Gasteiger partial charge in [-0.2, -0.15) is 4.98 Å². The third-order valence-corrected chi connectivity index (χ3v) is 2.83. The van der Waals surface area contributed by atoms with Crippen LogP contribution in [0.1, 0.15) is 18.6 Å². The molecule has 0 atom stereocenters. The van der Waals surface area contributed by atoms with Crippen LogP contribution >= 0.6 is 23.2 Å². The van der Waals surface area contributed by atoms with E-state index in [0.717, 1.165) is 6.54 Å². The number of nitrogens with zero attached hydrogens (tertiary/aromatic N) is 3. The molecule has 102 valence electrons. The first-order valence-electron chi connectivity index (χ1n) is 5.73. The lowest BCUT2D eigenvalue weighted by Crippen LogP contribution is -2.06. The Morgan fingerprint density at radius 1 is 1.16 bits per heavy atom. The second kappa shape index (κ2) is 6.08. The lowest BCUT2D eigenvalue weighted by Gasteiger charge is -2.10. The zero-order chi connectivity index (χ0) is 13.8. The molecule has 0 amide bonds. The summed E-state index contributed by atoms with van der Waals surface area (Å²) in [6.07, 6.45) is 0. The van der Waals surface area contributed by atoms with Crippen LogP contribution < -0.4 is 10.6 Å². The van der Waals surface area contributed by atoms with Crippen molar-refractivity contribution >= 4 is 34.8 Å². The average Bonchev–Trinajstić information content (AvgIpc) is 2.77. The molecule has 2 rings (SSSR count). The van der Waals surface area contributed by atoms with Crippen LogP contribution in [-0.4, -0.2) is 21.7 Å². The number of aromatic nitrogens is 3. The molecule has 0 unspecified atom stereocenters. The Kier molecular flexibility index (Phi) is 4.44. The van der Waals surface area contributed by atoms with Crippen molar-refractivity contribution in [2.45, 2.75) is 20.4 Å². The van der Waals surface area contributed by atoms with E-state index in [1.165, 1.54) is 0 Å². The summed E-state index contributed by atoms with van der Waals surface area (Å²) in [7, 11) is 0. The Morgan fingerprint density at radius 2 is 1.84 bits per heavy atom. The molecule has 0 aliphatic carbocycles. The minimum Gasteiger partial charge on any atom is -0.369 e. The average molecular weight is 302 g/mol. The molecule has 0 aromatic carbocycles. The quantitative estimate of drug-likeness (QED) is 0.883. The van der Waals surface area contributed by atoms with E-state index in [4.69, 9.17) is 27.7 Å². The zero-order valence-corrected chi connectivity index (χ0v) is 12.0. The van der Waals surface area contributed by atoms with Crippen LogP contribution in [-0.2, 0) is 6.54 Å². The highest BCUT2D eigenvalue weighted by Crippen LogP contribution is 2.29. The van der Waals surface area contributed by atoms with Crippen molar-refractivity contribution in [1.82, 2.24) is 15.1 Å². The smallest absolute Gasteiger partial charge is 0.245 e. The number of hydrogen-bond acceptors (Lipinski definition) is 6. The molecule has 0 aliphatic heterocycles. The maximum absolute atomic E-state index is 6.07. The van der Waals surface area contributed by atoms with Gasteiger partial charge in [0.05, 0.1) is 16.6 Å².